The van der Waals surface area contributed by atoms with Gasteiger partial charge in [-0.25, -0.2) is 0 Å². The van der Waals surface area contributed by atoms with Crippen LogP contribution in [-0.2, 0) is 6.42 Å². The number of nitrogens with two attached hydrogens (primary N) is 1. The Morgan fingerprint density at radius 3 is 2.68 bits per heavy atom. The Balaban J connectivity index is 2.23. The van der Waals surface area contributed by atoms with Gasteiger partial charge in [-0.3, -0.25) is 0 Å². The maximum Gasteiger partial charge on any atom is 0.122 e. The summed E-state index contributed by atoms with van der Waals surface area (Å²) >= 11 is 6.00. The van der Waals surface area contributed by atoms with Crippen molar-refractivity contribution >= 4 is 11.6 Å². The van der Waals surface area contributed by atoms with Gasteiger partial charge in [0.1, 0.15) is 5.75 Å². The molecular weight excluding hydrogens is 258 g/mol. The van der Waals surface area contributed by atoms with Gasteiger partial charge in [0, 0.05) is 11.1 Å². The van der Waals surface area contributed by atoms with E-state index in [2.05, 4.69) is 13.0 Å². The number of ether oxygens (including phenoxy) is 1. The van der Waals surface area contributed by atoms with Gasteiger partial charge in [0.25, 0.3) is 0 Å². The van der Waals surface area contributed by atoms with Crippen LogP contribution in [0, 0.1) is 6.92 Å². The number of hydrogen-bond donors (Lipinski definition) is 1. The molecule has 19 heavy (non-hydrogen) atoms. The molecule has 0 amide bonds. The van der Waals surface area contributed by atoms with E-state index in [0.717, 1.165) is 23.3 Å². The Hall–Kier alpha value is -1.51. The minimum absolute atomic E-state index is 0.0885. The van der Waals surface area contributed by atoms with Gasteiger partial charge in [0.2, 0.25) is 0 Å². The lowest BCUT2D eigenvalue weighted by Gasteiger charge is -2.15. The molecule has 0 bridgehead atoms. The summed E-state index contributed by atoms with van der Waals surface area (Å²) in [6.45, 7) is 2.06. The predicted molar refractivity (Wildman–Crippen MR) is 79.8 cm³/mol. The largest absolute Gasteiger partial charge is 0.496 e. The van der Waals surface area contributed by atoms with Crippen LogP contribution < -0.4 is 10.5 Å². The molecule has 1 unspecified atom stereocenters. The highest BCUT2D eigenvalue weighted by molar-refractivity contribution is 6.30. The second-order valence-electron chi connectivity index (χ2n) is 4.68. The zero-order valence-corrected chi connectivity index (χ0v) is 11.9. The number of hydrogen-bond acceptors (Lipinski definition) is 2. The van der Waals surface area contributed by atoms with Crippen LogP contribution in [0.1, 0.15) is 22.7 Å². The lowest BCUT2D eigenvalue weighted by atomic mass is 9.98. The average Bonchev–Trinajstić information content (AvgIpc) is 2.39. The number of aryl methyl sites for hydroxylation is 1. The number of rotatable bonds is 4. The first-order valence-corrected chi connectivity index (χ1v) is 6.62. The zero-order chi connectivity index (χ0) is 13.8. The lowest BCUT2D eigenvalue weighted by Crippen LogP contribution is -2.14. The molecule has 0 aliphatic rings. The van der Waals surface area contributed by atoms with E-state index in [9.17, 15) is 0 Å². The standard InChI is InChI=1S/C16H18ClNO/c1-11-6-7-16(19-2)13(8-11)10-15(18)12-4-3-5-14(17)9-12/h3-9,15H,10,18H2,1-2H3. The van der Waals surface area contributed by atoms with E-state index in [1.165, 1.54) is 5.56 Å². The molecule has 0 aromatic heterocycles. The first kappa shape index (κ1) is 13.9. The van der Waals surface area contributed by atoms with Crippen LogP contribution >= 0.6 is 11.6 Å². The van der Waals surface area contributed by atoms with Gasteiger partial charge in [-0.1, -0.05) is 41.4 Å². The van der Waals surface area contributed by atoms with E-state index in [1.807, 2.05) is 36.4 Å². The van der Waals surface area contributed by atoms with Crippen molar-refractivity contribution in [2.24, 2.45) is 5.73 Å². The third-order valence-corrected chi connectivity index (χ3v) is 3.39. The fourth-order valence-electron chi connectivity index (χ4n) is 2.16. The SMILES string of the molecule is COc1ccc(C)cc1CC(N)c1cccc(Cl)c1. The minimum Gasteiger partial charge on any atom is -0.496 e. The van der Waals surface area contributed by atoms with E-state index < -0.39 is 0 Å². The van der Waals surface area contributed by atoms with E-state index in [1.54, 1.807) is 7.11 Å². The maximum atomic E-state index is 6.26. The molecule has 100 valence electrons. The highest BCUT2D eigenvalue weighted by atomic mass is 35.5. The van der Waals surface area contributed by atoms with E-state index in [0.29, 0.717) is 5.02 Å². The van der Waals surface area contributed by atoms with Gasteiger partial charge in [-0.2, -0.15) is 0 Å². The van der Waals surface area contributed by atoms with Crippen molar-refractivity contribution in [3.8, 4) is 5.75 Å². The molecule has 2 nitrogen and oxygen atoms in total. The van der Waals surface area contributed by atoms with Gasteiger partial charge >= 0.3 is 0 Å². The second-order valence-corrected chi connectivity index (χ2v) is 5.12. The van der Waals surface area contributed by atoms with Crippen LogP contribution in [0.2, 0.25) is 5.02 Å². The van der Waals surface area contributed by atoms with Crippen LogP contribution in [0.15, 0.2) is 42.5 Å². The summed E-state index contributed by atoms with van der Waals surface area (Å²) < 4.78 is 5.38. The molecule has 1 atom stereocenters. The smallest absolute Gasteiger partial charge is 0.122 e. The first-order valence-electron chi connectivity index (χ1n) is 6.24. The Morgan fingerprint density at radius 2 is 2.00 bits per heavy atom. The maximum absolute atomic E-state index is 6.26. The second kappa shape index (κ2) is 6.09. The van der Waals surface area contributed by atoms with Crippen molar-refractivity contribution in [2.75, 3.05) is 7.11 Å². The highest BCUT2D eigenvalue weighted by Gasteiger charge is 2.11. The summed E-state index contributed by atoms with van der Waals surface area (Å²) in [6, 6.07) is 13.7. The quantitative estimate of drug-likeness (QED) is 0.918. The van der Waals surface area contributed by atoms with Crippen molar-refractivity contribution < 1.29 is 4.74 Å². The third-order valence-electron chi connectivity index (χ3n) is 3.15. The van der Waals surface area contributed by atoms with E-state index in [4.69, 9.17) is 22.1 Å². The Labute approximate surface area is 119 Å². The fourth-order valence-corrected chi connectivity index (χ4v) is 2.36. The summed E-state index contributed by atoms with van der Waals surface area (Å²) in [5.74, 6) is 0.878. The Kier molecular flexibility index (Phi) is 4.46. The van der Waals surface area contributed by atoms with Crippen molar-refractivity contribution in [3.05, 3.63) is 64.2 Å². The topological polar surface area (TPSA) is 35.2 Å². The summed E-state index contributed by atoms with van der Waals surface area (Å²) in [5, 5.41) is 0.712. The van der Waals surface area contributed by atoms with Gasteiger partial charge in [-0.05, 0) is 42.7 Å². The van der Waals surface area contributed by atoms with Crippen molar-refractivity contribution in [1.82, 2.24) is 0 Å². The molecule has 0 spiro atoms. The van der Waals surface area contributed by atoms with Crippen LogP contribution in [0.5, 0.6) is 5.75 Å². The molecular formula is C16H18ClNO. The number of methoxy groups -OCH3 is 1. The van der Waals surface area contributed by atoms with Crippen molar-refractivity contribution in [3.63, 3.8) is 0 Å². The molecule has 0 heterocycles. The molecule has 0 saturated heterocycles. The van der Waals surface area contributed by atoms with Crippen molar-refractivity contribution in [2.45, 2.75) is 19.4 Å². The molecule has 2 aromatic carbocycles. The lowest BCUT2D eigenvalue weighted by molar-refractivity contribution is 0.408. The van der Waals surface area contributed by atoms with E-state index >= 15 is 0 Å². The minimum atomic E-state index is -0.0885. The van der Waals surface area contributed by atoms with Crippen molar-refractivity contribution in [1.29, 1.82) is 0 Å². The number of halogens is 1. The van der Waals surface area contributed by atoms with Crippen LogP contribution in [0.25, 0.3) is 0 Å². The Morgan fingerprint density at radius 1 is 1.21 bits per heavy atom. The average molecular weight is 276 g/mol. The monoisotopic (exact) mass is 275 g/mol. The summed E-state index contributed by atoms with van der Waals surface area (Å²) in [7, 11) is 1.68. The van der Waals surface area contributed by atoms with Gasteiger partial charge in [-0.15, -0.1) is 0 Å². The van der Waals surface area contributed by atoms with Gasteiger partial charge in [0.05, 0.1) is 7.11 Å². The zero-order valence-electron chi connectivity index (χ0n) is 11.2. The molecule has 0 aliphatic heterocycles. The van der Waals surface area contributed by atoms with Gasteiger partial charge in [0.15, 0.2) is 0 Å². The summed E-state index contributed by atoms with van der Waals surface area (Å²) in [6.07, 6.45) is 0.727. The number of benzene rings is 2. The normalized spacial score (nSPS) is 12.2. The van der Waals surface area contributed by atoms with E-state index in [-0.39, 0.29) is 6.04 Å². The summed E-state index contributed by atoms with van der Waals surface area (Å²) in [4.78, 5) is 0. The molecule has 0 fully saturated rings. The molecule has 2 aromatic rings. The molecule has 0 radical (unpaired) electrons. The molecule has 2 rings (SSSR count). The van der Waals surface area contributed by atoms with Crippen LogP contribution in [0.4, 0.5) is 0 Å². The first-order chi connectivity index (χ1) is 9.10. The predicted octanol–water partition coefficient (Wildman–Crippen LogP) is 3.90. The fraction of sp³-hybridized carbons (Fsp3) is 0.250. The highest BCUT2D eigenvalue weighted by Crippen LogP contribution is 2.26. The van der Waals surface area contributed by atoms with Crippen LogP contribution in [-0.4, -0.2) is 7.11 Å². The molecule has 3 heteroatoms. The third kappa shape index (κ3) is 3.49. The molecule has 2 N–H and O–H groups in total. The molecule has 0 saturated carbocycles. The van der Waals surface area contributed by atoms with Crippen LogP contribution in [0.3, 0.4) is 0 Å². The molecule has 0 aliphatic carbocycles. The Bertz CT molecular complexity index is 568. The summed E-state index contributed by atoms with van der Waals surface area (Å²) in [5.41, 5.74) is 9.62. The van der Waals surface area contributed by atoms with Gasteiger partial charge < -0.3 is 10.5 Å².